The van der Waals surface area contributed by atoms with Crippen molar-refractivity contribution < 1.29 is 0 Å². The lowest BCUT2D eigenvalue weighted by atomic mass is 9.54. The summed E-state index contributed by atoms with van der Waals surface area (Å²) in [6, 6.07) is 19.9. The molecule has 1 saturated heterocycles. The number of nitrogens with one attached hydrogen (secondary N) is 2. The van der Waals surface area contributed by atoms with Crippen molar-refractivity contribution in [3.63, 3.8) is 0 Å². The summed E-state index contributed by atoms with van der Waals surface area (Å²) in [6.45, 7) is 25.7. The van der Waals surface area contributed by atoms with Crippen LogP contribution in [0.15, 0.2) is 120 Å². The van der Waals surface area contributed by atoms with E-state index in [9.17, 15) is 0 Å². The summed E-state index contributed by atoms with van der Waals surface area (Å²) in [7, 11) is 0. The van der Waals surface area contributed by atoms with Gasteiger partial charge in [0.05, 0.1) is 6.17 Å². The molecule has 8 unspecified atom stereocenters. The Balaban J connectivity index is 1.37. The predicted octanol–water partition coefficient (Wildman–Crippen LogP) is 13.2. The molecule has 3 aliphatic carbocycles. The van der Waals surface area contributed by atoms with Gasteiger partial charge in [0.15, 0.2) is 0 Å². The van der Waals surface area contributed by atoms with Crippen LogP contribution in [0.2, 0.25) is 0 Å². The Labute approximate surface area is 329 Å². The second-order valence-electron chi connectivity index (χ2n) is 18.0. The molecule has 8 atom stereocenters. The lowest BCUT2D eigenvalue weighted by Gasteiger charge is -2.58. The Bertz CT molecular complexity index is 2020. The Morgan fingerprint density at radius 1 is 0.868 bits per heavy atom. The quantitative estimate of drug-likeness (QED) is 0.158. The maximum atomic E-state index is 5.07. The number of thiol groups is 1. The largest absolute Gasteiger partial charge is 0.294 e. The average molecular weight is 741 g/mol. The van der Waals surface area contributed by atoms with Crippen LogP contribution in [0.3, 0.4) is 0 Å². The molecular formula is C49H60N2S2. The van der Waals surface area contributed by atoms with Crippen molar-refractivity contribution in [1.82, 2.24) is 10.6 Å². The molecule has 2 N–H and O–H groups in total. The number of hydrogen-bond donors (Lipinski definition) is 3. The minimum atomic E-state index is -0.365. The summed E-state index contributed by atoms with van der Waals surface area (Å²) in [5.74, 6) is 1.21. The van der Waals surface area contributed by atoms with Crippen LogP contribution in [0.25, 0.3) is 12.2 Å². The Hall–Kier alpha value is -3.15. The van der Waals surface area contributed by atoms with Crippen LogP contribution in [0.1, 0.15) is 125 Å². The smallest absolute Gasteiger partial charge is 0.0668 e. The zero-order valence-electron chi connectivity index (χ0n) is 33.3. The molecule has 0 spiro atoms. The van der Waals surface area contributed by atoms with Crippen LogP contribution >= 0.6 is 24.0 Å². The minimum absolute atomic E-state index is 0.0244. The zero-order chi connectivity index (χ0) is 37.9. The van der Waals surface area contributed by atoms with E-state index in [1.807, 2.05) is 0 Å². The normalized spacial score (nSPS) is 32.7. The summed E-state index contributed by atoms with van der Waals surface area (Å²) in [6.07, 6.45) is 23.9. The van der Waals surface area contributed by atoms with Gasteiger partial charge in [-0.25, -0.2) is 0 Å². The van der Waals surface area contributed by atoms with Gasteiger partial charge in [-0.3, -0.25) is 10.6 Å². The van der Waals surface area contributed by atoms with E-state index >= 15 is 0 Å². The lowest BCUT2D eigenvalue weighted by molar-refractivity contribution is -0.000861. The number of rotatable bonds is 8. The third-order valence-electron chi connectivity index (χ3n) is 13.6. The van der Waals surface area contributed by atoms with Gasteiger partial charge in [-0.05, 0) is 79.2 Å². The van der Waals surface area contributed by atoms with Gasteiger partial charge in [-0.15, -0.1) is 30.5 Å². The van der Waals surface area contributed by atoms with Gasteiger partial charge in [0.1, 0.15) is 0 Å². The number of fused-ring (bicyclic) bond motifs is 3. The molecule has 2 nitrogen and oxygen atoms in total. The average Bonchev–Trinajstić information content (AvgIpc) is 3.47. The van der Waals surface area contributed by atoms with Gasteiger partial charge in [0.2, 0.25) is 0 Å². The molecule has 7 rings (SSSR count). The third kappa shape index (κ3) is 6.46. The molecule has 0 saturated carbocycles. The number of benzene rings is 2. The van der Waals surface area contributed by atoms with Gasteiger partial charge in [-0.2, -0.15) is 0 Å². The van der Waals surface area contributed by atoms with Crippen molar-refractivity contribution in [2.24, 2.45) is 28.1 Å². The molecule has 0 bridgehead atoms. The SMILES string of the molecule is C=C(C)CCC=C(C)C1c2sc3c(c2C=CC1(C)C1C=CC=CC1(C)C)C=CC(C)C3C1NC(c2ccccc2)C(C)(C)C(C)(c2ccccc2S)N1. The Kier molecular flexibility index (Phi) is 10.2. The monoisotopic (exact) mass is 740 g/mol. The van der Waals surface area contributed by atoms with E-state index < -0.39 is 0 Å². The highest BCUT2D eigenvalue weighted by Crippen LogP contribution is 2.61. The van der Waals surface area contributed by atoms with Crippen LogP contribution in [0.5, 0.6) is 0 Å². The second-order valence-corrected chi connectivity index (χ2v) is 19.6. The van der Waals surface area contributed by atoms with Gasteiger partial charge < -0.3 is 0 Å². The van der Waals surface area contributed by atoms with Crippen LogP contribution in [-0.2, 0) is 5.54 Å². The summed E-state index contributed by atoms with van der Waals surface area (Å²) in [4.78, 5) is 4.04. The highest BCUT2D eigenvalue weighted by atomic mass is 32.1. The first-order valence-corrected chi connectivity index (χ1v) is 20.9. The number of allylic oxidation sites excluding steroid dienone is 9. The topological polar surface area (TPSA) is 24.1 Å². The second kappa shape index (κ2) is 14.2. The molecule has 1 aromatic heterocycles. The summed E-state index contributed by atoms with van der Waals surface area (Å²) < 4.78 is 0. The van der Waals surface area contributed by atoms with Crippen LogP contribution < -0.4 is 10.6 Å². The van der Waals surface area contributed by atoms with E-state index in [4.69, 9.17) is 12.6 Å². The Morgan fingerprint density at radius 3 is 2.26 bits per heavy atom. The van der Waals surface area contributed by atoms with Crippen molar-refractivity contribution in [3.05, 3.63) is 147 Å². The van der Waals surface area contributed by atoms with Crippen molar-refractivity contribution in [2.45, 2.75) is 110 Å². The lowest BCUT2D eigenvalue weighted by Crippen LogP contribution is -2.69. The maximum Gasteiger partial charge on any atom is 0.0668 e. The molecule has 4 aliphatic rings. The van der Waals surface area contributed by atoms with Gasteiger partial charge in [0.25, 0.3) is 0 Å². The van der Waals surface area contributed by atoms with Gasteiger partial charge in [-0.1, -0.05) is 156 Å². The first-order chi connectivity index (χ1) is 25.1. The van der Waals surface area contributed by atoms with Crippen LogP contribution in [0.4, 0.5) is 0 Å². The van der Waals surface area contributed by atoms with E-state index in [0.29, 0.717) is 11.8 Å². The van der Waals surface area contributed by atoms with Gasteiger partial charge >= 0.3 is 0 Å². The zero-order valence-corrected chi connectivity index (χ0v) is 35.0. The Morgan fingerprint density at radius 2 is 1.57 bits per heavy atom. The molecule has 2 aromatic carbocycles. The van der Waals surface area contributed by atoms with Gasteiger partial charge in [0, 0.05) is 48.9 Å². The summed E-state index contributed by atoms with van der Waals surface area (Å²) in [5, 5.41) is 8.57. The fourth-order valence-corrected chi connectivity index (χ4v) is 12.6. The fourth-order valence-electron chi connectivity index (χ4n) is 10.4. The van der Waals surface area contributed by atoms with E-state index in [-0.39, 0.29) is 45.8 Å². The molecule has 3 aromatic rings. The predicted molar refractivity (Wildman–Crippen MR) is 233 cm³/mol. The molecule has 0 amide bonds. The molecule has 53 heavy (non-hydrogen) atoms. The first-order valence-electron chi connectivity index (χ1n) is 19.7. The molecular weight excluding hydrogens is 681 g/mol. The first kappa shape index (κ1) is 38.1. The maximum absolute atomic E-state index is 5.07. The molecule has 1 fully saturated rings. The summed E-state index contributed by atoms with van der Waals surface area (Å²) in [5.41, 5.74) is 7.51. The highest BCUT2D eigenvalue weighted by molar-refractivity contribution is 7.80. The van der Waals surface area contributed by atoms with E-state index in [0.717, 1.165) is 17.7 Å². The highest BCUT2D eigenvalue weighted by Gasteiger charge is 2.56. The third-order valence-corrected chi connectivity index (χ3v) is 15.4. The van der Waals surface area contributed by atoms with Crippen LogP contribution in [-0.4, -0.2) is 6.17 Å². The van der Waals surface area contributed by atoms with Crippen molar-refractivity contribution in [3.8, 4) is 0 Å². The number of hydrogen-bond acceptors (Lipinski definition) is 4. The van der Waals surface area contributed by atoms with Crippen LogP contribution in [0, 0.1) is 28.1 Å². The minimum Gasteiger partial charge on any atom is -0.294 e. The van der Waals surface area contributed by atoms with E-state index in [1.165, 1.54) is 43.2 Å². The molecule has 2 heterocycles. The van der Waals surface area contributed by atoms with Crippen molar-refractivity contribution in [2.75, 3.05) is 0 Å². The molecule has 1 aliphatic heterocycles. The van der Waals surface area contributed by atoms with E-state index in [1.54, 1.807) is 0 Å². The fraction of sp³-hybridized carbons (Fsp3) is 0.429. The molecule has 278 valence electrons. The molecule has 4 heteroatoms. The summed E-state index contributed by atoms with van der Waals surface area (Å²) >= 11 is 7.15. The van der Waals surface area contributed by atoms with Crippen molar-refractivity contribution in [1.29, 1.82) is 0 Å². The molecule has 0 radical (unpaired) electrons. The van der Waals surface area contributed by atoms with Crippen molar-refractivity contribution >= 4 is 36.1 Å². The number of thiophene rings is 1. The standard InChI is InChI=1S/C49H60N2S2/c1-31(2)19-18-20-33(4)41-43-36(28-30-48(41,9)39-25-16-17-29-46(39,5)6)35-27-26-32(3)40(42(35)53-43)45-50-44(34-21-12-11-13-22-34)47(7,8)49(10,51-45)37-23-14-15-24-38(37)52/h11-17,20-30,32,39-41,44-45,50-52H,1,18-19H2,2-10H3. The van der Waals surface area contributed by atoms with E-state index in [2.05, 4.69) is 200 Å².